The van der Waals surface area contributed by atoms with Gasteiger partial charge in [-0.3, -0.25) is 4.98 Å². The molecule has 3 heteroatoms. The van der Waals surface area contributed by atoms with Crippen molar-refractivity contribution in [3.8, 4) is 11.5 Å². The monoisotopic (exact) mass is 210 g/mol. The van der Waals surface area contributed by atoms with Crippen LogP contribution in [0.3, 0.4) is 0 Å². The first-order valence-electron chi connectivity index (χ1n) is 5.10. The fraction of sp³-hybridized carbons (Fsp3) is 0.0769. The Labute approximate surface area is 92.8 Å². The molecule has 0 unspecified atom stereocenters. The second kappa shape index (κ2) is 3.45. The quantitative estimate of drug-likeness (QED) is 0.619. The average molecular weight is 210 g/mol. The number of nitrogens with zero attached hydrogens (tertiary/aromatic N) is 2. The number of hydrogen-bond donors (Lipinski definition) is 0. The summed E-state index contributed by atoms with van der Waals surface area (Å²) in [7, 11) is 0. The lowest BCUT2D eigenvalue weighted by molar-refractivity contribution is 0.619. The van der Waals surface area contributed by atoms with Crippen LogP contribution in [0, 0.1) is 6.92 Å². The summed E-state index contributed by atoms with van der Waals surface area (Å²) in [5.41, 5.74) is 3.77. The SMILES string of the molecule is Cc1ccc(-c2nc3cnccc3o2)cc1. The third-order valence-corrected chi connectivity index (χ3v) is 2.49. The zero-order valence-corrected chi connectivity index (χ0v) is 8.84. The Morgan fingerprint density at radius 1 is 1.06 bits per heavy atom. The highest BCUT2D eigenvalue weighted by Gasteiger charge is 2.06. The highest BCUT2D eigenvalue weighted by molar-refractivity contribution is 5.74. The van der Waals surface area contributed by atoms with E-state index in [0.29, 0.717) is 5.89 Å². The molecule has 0 aliphatic rings. The van der Waals surface area contributed by atoms with E-state index in [1.54, 1.807) is 12.4 Å². The molecule has 3 nitrogen and oxygen atoms in total. The molecule has 0 aliphatic carbocycles. The summed E-state index contributed by atoms with van der Waals surface area (Å²) in [5, 5.41) is 0. The summed E-state index contributed by atoms with van der Waals surface area (Å²) in [6, 6.07) is 9.92. The molecule has 78 valence electrons. The first kappa shape index (κ1) is 9.09. The second-order valence-electron chi connectivity index (χ2n) is 3.73. The van der Waals surface area contributed by atoms with Crippen LogP contribution in [0.2, 0.25) is 0 Å². The van der Waals surface area contributed by atoms with E-state index < -0.39 is 0 Å². The van der Waals surface area contributed by atoms with E-state index in [-0.39, 0.29) is 0 Å². The van der Waals surface area contributed by atoms with Crippen LogP contribution in [0.25, 0.3) is 22.6 Å². The molecule has 1 aromatic carbocycles. The van der Waals surface area contributed by atoms with Gasteiger partial charge in [0.25, 0.3) is 0 Å². The fourth-order valence-electron chi connectivity index (χ4n) is 1.60. The minimum Gasteiger partial charge on any atom is -0.436 e. The Bertz CT molecular complexity index is 593. The van der Waals surface area contributed by atoms with E-state index in [2.05, 4.69) is 16.9 Å². The Balaban J connectivity index is 2.15. The lowest BCUT2D eigenvalue weighted by Crippen LogP contribution is -1.77. The Morgan fingerprint density at radius 2 is 1.88 bits per heavy atom. The van der Waals surface area contributed by atoms with Crippen molar-refractivity contribution in [1.29, 1.82) is 0 Å². The molecule has 3 aromatic rings. The second-order valence-corrected chi connectivity index (χ2v) is 3.73. The molecule has 0 atom stereocenters. The van der Waals surface area contributed by atoms with Gasteiger partial charge in [-0.2, -0.15) is 0 Å². The van der Waals surface area contributed by atoms with Gasteiger partial charge in [0, 0.05) is 17.8 Å². The zero-order chi connectivity index (χ0) is 11.0. The summed E-state index contributed by atoms with van der Waals surface area (Å²) in [4.78, 5) is 8.39. The number of oxazole rings is 1. The summed E-state index contributed by atoms with van der Waals surface area (Å²) < 4.78 is 5.64. The van der Waals surface area contributed by atoms with Crippen LogP contribution in [-0.2, 0) is 0 Å². The summed E-state index contributed by atoms with van der Waals surface area (Å²) >= 11 is 0. The number of aryl methyl sites for hydroxylation is 1. The third-order valence-electron chi connectivity index (χ3n) is 2.49. The van der Waals surface area contributed by atoms with Crippen molar-refractivity contribution >= 4 is 11.1 Å². The lowest BCUT2D eigenvalue weighted by Gasteiger charge is -1.95. The van der Waals surface area contributed by atoms with Crippen LogP contribution in [0.4, 0.5) is 0 Å². The summed E-state index contributed by atoms with van der Waals surface area (Å²) in [6.07, 6.45) is 3.41. The predicted octanol–water partition coefficient (Wildman–Crippen LogP) is 3.20. The lowest BCUT2D eigenvalue weighted by atomic mass is 10.1. The summed E-state index contributed by atoms with van der Waals surface area (Å²) in [6.45, 7) is 2.06. The van der Waals surface area contributed by atoms with E-state index >= 15 is 0 Å². The van der Waals surface area contributed by atoms with Crippen molar-refractivity contribution in [2.75, 3.05) is 0 Å². The van der Waals surface area contributed by atoms with Crippen molar-refractivity contribution < 1.29 is 4.42 Å². The van der Waals surface area contributed by atoms with Gasteiger partial charge in [0.05, 0.1) is 6.20 Å². The maximum Gasteiger partial charge on any atom is 0.227 e. The van der Waals surface area contributed by atoms with Crippen molar-refractivity contribution in [3.63, 3.8) is 0 Å². The number of benzene rings is 1. The van der Waals surface area contributed by atoms with Gasteiger partial charge in [-0.05, 0) is 19.1 Å². The van der Waals surface area contributed by atoms with E-state index in [4.69, 9.17) is 4.42 Å². The molecule has 2 aromatic heterocycles. The first-order valence-corrected chi connectivity index (χ1v) is 5.10. The number of rotatable bonds is 1. The summed E-state index contributed by atoms with van der Waals surface area (Å²) in [5.74, 6) is 0.642. The van der Waals surface area contributed by atoms with Crippen molar-refractivity contribution in [2.24, 2.45) is 0 Å². The fourth-order valence-corrected chi connectivity index (χ4v) is 1.60. The maximum atomic E-state index is 5.64. The number of aromatic nitrogens is 2. The number of hydrogen-bond acceptors (Lipinski definition) is 3. The van der Waals surface area contributed by atoms with E-state index in [0.717, 1.165) is 16.7 Å². The van der Waals surface area contributed by atoms with Crippen molar-refractivity contribution in [3.05, 3.63) is 48.3 Å². The molecule has 3 rings (SSSR count). The predicted molar refractivity (Wildman–Crippen MR) is 62.0 cm³/mol. The molecular weight excluding hydrogens is 200 g/mol. The van der Waals surface area contributed by atoms with Gasteiger partial charge < -0.3 is 4.42 Å². The van der Waals surface area contributed by atoms with Crippen LogP contribution >= 0.6 is 0 Å². The molecule has 0 saturated carbocycles. The molecule has 0 fully saturated rings. The van der Waals surface area contributed by atoms with Crippen LogP contribution in [0.1, 0.15) is 5.56 Å². The number of fused-ring (bicyclic) bond motifs is 1. The Kier molecular flexibility index (Phi) is 1.96. The molecule has 0 saturated heterocycles. The Hall–Kier alpha value is -2.16. The molecule has 0 N–H and O–H groups in total. The van der Waals surface area contributed by atoms with Gasteiger partial charge in [-0.1, -0.05) is 17.7 Å². The molecule has 16 heavy (non-hydrogen) atoms. The average Bonchev–Trinajstić information content (AvgIpc) is 2.73. The van der Waals surface area contributed by atoms with Crippen LogP contribution in [-0.4, -0.2) is 9.97 Å². The highest BCUT2D eigenvalue weighted by Crippen LogP contribution is 2.23. The molecule has 0 amide bonds. The molecule has 0 radical (unpaired) electrons. The zero-order valence-electron chi connectivity index (χ0n) is 8.84. The first-order chi connectivity index (χ1) is 7.83. The van der Waals surface area contributed by atoms with E-state index in [9.17, 15) is 0 Å². The van der Waals surface area contributed by atoms with Crippen molar-refractivity contribution in [2.45, 2.75) is 6.92 Å². The molecular formula is C13H10N2O. The maximum absolute atomic E-state index is 5.64. The van der Waals surface area contributed by atoms with Crippen LogP contribution in [0.5, 0.6) is 0 Å². The Morgan fingerprint density at radius 3 is 2.62 bits per heavy atom. The number of pyridine rings is 1. The van der Waals surface area contributed by atoms with Crippen molar-refractivity contribution in [1.82, 2.24) is 9.97 Å². The third kappa shape index (κ3) is 1.46. The topological polar surface area (TPSA) is 38.9 Å². The van der Waals surface area contributed by atoms with Gasteiger partial charge in [0.15, 0.2) is 5.58 Å². The van der Waals surface area contributed by atoms with E-state index in [1.807, 2.05) is 30.3 Å². The van der Waals surface area contributed by atoms with E-state index in [1.165, 1.54) is 5.56 Å². The minimum absolute atomic E-state index is 0.642. The largest absolute Gasteiger partial charge is 0.436 e. The smallest absolute Gasteiger partial charge is 0.227 e. The minimum atomic E-state index is 0.642. The molecule has 2 heterocycles. The van der Waals surface area contributed by atoms with Gasteiger partial charge >= 0.3 is 0 Å². The normalized spacial score (nSPS) is 10.8. The molecule has 0 aliphatic heterocycles. The van der Waals surface area contributed by atoms with Gasteiger partial charge in [-0.25, -0.2) is 4.98 Å². The van der Waals surface area contributed by atoms with Crippen LogP contribution < -0.4 is 0 Å². The highest BCUT2D eigenvalue weighted by atomic mass is 16.3. The molecule has 0 spiro atoms. The van der Waals surface area contributed by atoms with Crippen LogP contribution in [0.15, 0.2) is 47.1 Å². The standard InChI is InChI=1S/C13H10N2O/c1-9-2-4-10(5-3-9)13-15-11-8-14-7-6-12(11)16-13/h2-8H,1H3. The van der Waals surface area contributed by atoms with Gasteiger partial charge in [0.1, 0.15) is 5.52 Å². The van der Waals surface area contributed by atoms with Gasteiger partial charge in [-0.15, -0.1) is 0 Å². The molecule has 0 bridgehead atoms. The van der Waals surface area contributed by atoms with Gasteiger partial charge in [0.2, 0.25) is 5.89 Å².